The third kappa shape index (κ3) is 2.41. The summed E-state index contributed by atoms with van der Waals surface area (Å²) in [6, 6.07) is 0.899. The molecule has 0 radical (unpaired) electrons. The molecule has 1 N–H and O–H groups in total. The lowest BCUT2D eigenvalue weighted by Crippen LogP contribution is -2.17. The number of pyridine rings is 1. The normalized spacial score (nSPS) is 10.5. The molecule has 0 saturated heterocycles. The van der Waals surface area contributed by atoms with Crippen LogP contribution < -0.4 is 5.56 Å². The Hall–Kier alpha value is -1.24. The number of hydrogen-bond donors (Lipinski definition) is 1. The van der Waals surface area contributed by atoms with Crippen LogP contribution in [0.5, 0.6) is 0 Å². The Morgan fingerprint density at radius 3 is 2.67 bits per heavy atom. The first-order chi connectivity index (χ1) is 6.97. The Bertz CT molecular complexity index is 444. The number of H-pyrrole nitrogens is 1. The number of halogens is 3. The van der Waals surface area contributed by atoms with E-state index < -0.39 is 29.2 Å². The van der Waals surface area contributed by atoms with Crippen molar-refractivity contribution in [2.24, 2.45) is 0 Å². The van der Waals surface area contributed by atoms with Crippen LogP contribution in [0, 0.1) is 0 Å². The summed E-state index contributed by atoms with van der Waals surface area (Å²) in [4.78, 5) is 24.2. The highest BCUT2D eigenvalue weighted by Crippen LogP contribution is 2.23. The lowest BCUT2D eigenvalue weighted by Gasteiger charge is -2.06. The van der Waals surface area contributed by atoms with E-state index in [2.05, 4.69) is 20.7 Å². The topological polar surface area (TPSA) is 59.2 Å². The van der Waals surface area contributed by atoms with E-state index in [1.54, 1.807) is 0 Å². The second-order valence-corrected chi connectivity index (χ2v) is 3.42. The first kappa shape index (κ1) is 11.8. The Morgan fingerprint density at radius 2 is 2.20 bits per heavy atom. The van der Waals surface area contributed by atoms with Gasteiger partial charge in [-0.3, -0.25) is 4.79 Å². The Labute approximate surface area is 91.4 Å². The number of hydrogen-bond acceptors (Lipinski definition) is 3. The molecule has 0 aromatic carbocycles. The quantitative estimate of drug-likeness (QED) is 0.842. The lowest BCUT2D eigenvalue weighted by atomic mass is 10.2. The number of carbonyl (C=O) groups excluding carboxylic acids is 1. The molecule has 7 heteroatoms. The van der Waals surface area contributed by atoms with Gasteiger partial charge in [0.1, 0.15) is 5.69 Å². The van der Waals surface area contributed by atoms with E-state index in [0.29, 0.717) is 0 Å². The molecule has 1 heterocycles. The summed E-state index contributed by atoms with van der Waals surface area (Å²) in [6.07, 6.45) is -2.87. The van der Waals surface area contributed by atoms with Gasteiger partial charge in [0.15, 0.2) is 0 Å². The van der Waals surface area contributed by atoms with E-state index in [1.807, 2.05) is 4.98 Å². The van der Waals surface area contributed by atoms with Crippen LogP contribution in [0.2, 0.25) is 0 Å². The fourth-order valence-electron chi connectivity index (χ4n) is 0.963. The average molecular weight is 282 g/mol. The summed E-state index contributed by atoms with van der Waals surface area (Å²) in [5, 5.41) is 0. The van der Waals surface area contributed by atoms with Crippen molar-refractivity contribution in [1.29, 1.82) is 0 Å². The number of carbonyl (C=O) groups is 1. The van der Waals surface area contributed by atoms with Crippen LogP contribution in [0.25, 0.3) is 0 Å². The van der Waals surface area contributed by atoms with Gasteiger partial charge in [-0.25, -0.2) is 13.6 Å². The number of nitrogens with one attached hydrogen (secondary N) is 1. The summed E-state index contributed by atoms with van der Waals surface area (Å²) in [7, 11) is 1.04. The fraction of sp³-hybridized carbons (Fsp3) is 0.250. The van der Waals surface area contributed by atoms with Crippen LogP contribution in [0.3, 0.4) is 0 Å². The number of ether oxygens (including phenoxy) is 1. The van der Waals surface area contributed by atoms with E-state index in [4.69, 9.17) is 0 Å². The van der Waals surface area contributed by atoms with Crippen LogP contribution >= 0.6 is 15.9 Å². The first-order valence-electron chi connectivity index (χ1n) is 3.76. The largest absolute Gasteiger partial charge is 0.464 e. The summed E-state index contributed by atoms with van der Waals surface area (Å²) >= 11 is 2.79. The highest BCUT2D eigenvalue weighted by atomic mass is 79.9. The smallest absolute Gasteiger partial charge is 0.355 e. The molecule has 0 atom stereocenters. The molecule has 0 saturated carbocycles. The SMILES string of the molecule is COC(=O)c1[nH]c(=O)c(Br)cc1C(F)F. The van der Waals surface area contributed by atoms with Gasteiger partial charge in [-0.05, 0) is 22.0 Å². The minimum Gasteiger partial charge on any atom is -0.464 e. The number of esters is 1. The Morgan fingerprint density at radius 1 is 1.60 bits per heavy atom. The van der Waals surface area contributed by atoms with Gasteiger partial charge < -0.3 is 9.72 Å². The van der Waals surface area contributed by atoms with Gasteiger partial charge >= 0.3 is 5.97 Å². The number of aromatic nitrogens is 1. The summed E-state index contributed by atoms with van der Waals surface area (Å²) in [6.45, 7) is 0. The van der Waals surface area contributed by atoms with E-state index in [0.717, 1.165) is 13.2 Å². The maximum atomic E-state index is 12.5. The molecule has 0 unspecified atom stereocenters. The van der Waals surface area contributed by atoms with E-state index in [-0.39, 0.29) is 4.47 Å². The fourth-order valence-corrected chi connectivity index (χ4v) is 1.31. The van der Waals surface area contributed by atoms with Crippen molar-refractivity contribution in [1.82, 2.24) is 4.98 Å². The molecule has 82 valence electrons. The van der Waals surface area contributed by atoms with Gasteiger partial charge in [-0.15, -0.1) is 0 Å². The molecular weight excluding hydrogens is 276 g/mol. The predicted octanol–water partition coefficient (Wildman–Crippen LogP) is 1.86. The summed E-state index contributed by atoms with van der Waals surface area (Å²) < 4.78 is 29.2. The molecular formula is C8H6BrF2NO3. The third-order valence-corrected chi connectivity index (χ3v) is 2.24. The number of alkyl halides is 2. The molecule has 1 aromatic heterocycles. The van der Waals surface area contributed by atoms with Crippen LogP contribution in [0.1, 0.15) is 22.5 Å². The molecule has 0 bridgehead atoms. The molecule has 1 rings (SSSR count). The summed E-state index contributed by atoms with van der Waals surface area (Å²) in [5.41, 5.74) is -1.77. The monoisotopic (exact) mass is 281 g/mol. The first-order valence-corrected chi connectivity index (χ1v) is 4.56. The van der Waals surface area contributed by atoms with E-state index in [1.165, 1.54) is 0 Å². The molecule has 0 aliphatic heterocycles. The van der Waals surface area contributed by atoms with Crippen molar-refractivity contribution >= 4 is 21.9 Å². The van der Waals surface area contributed by atoms with Gasteiger partial charge in [0.2, 0.25) is 0 Å². The summed E-state index contributed by atoms with van der Waals surface area (Å²) in [5.74, 6) is -1.00. The second-order valence-electron chi connectivity index (χ2n) is 2.57. The van der Waals surface area contributed by atoms with Gasteiger partial charge in [0.05, 0.1) is 17.1 Å². The zero-order valence-corrected chi connectivity index (χ0v) is 9.10. The van der Waals surface area contributed by atoms with Crippen LogP contribution in [-0.4, -0.2) is 18.1 Å². The Balaban J connectivity index is 3.41. The minimum absolute atomic E-state index is 0.0644. The van der Waals surface area contributed by atoms with Crippen molar-refractivity contribution < 1.29 is 18.3 Å². The van der Waals surface area contributed by atoms with Gasteiger partial charge in [-0.1, -0.05) is 0 Å². The van der Waals surface area contributed by atoms with Crippen LogP contribution in [-0.2, 0) is 4.74 Å². The highest BCUT2D eigenvalue weighted by Gasteiger charge is 2.21. The number of aromatic amines is 1. The molecule has 1 aromatic rings. The molecule has 0 spiro atoms. The van der Waals surface area contributed by atoms with Crippen molar-refractivity contribution in [3.8, 4) is 0 Å². The highest BCUT2D eigenvalue weighted by molar-refractivity contribution is 9.10. The average Bonchev–Trinajstić information content (AvgIpc) is 2.20. The molecule has 0 fully saturated rings. The van der Waals surface area contributed by atoms with E-state index >= 15 is 0 Å². The minimum atomic E-state index is -2.87. The van der Waals surface area contributed by atoms with Crippen molar-refractivity contribution in [2.45, 2.75) is 6.43 Å². The predicted molar refractivity (Wildman–Crippen MR) is 51.1 cm³/mol. The van der Waals surface area contributed by atoms with Gasteiger partial charge in [0, 0.05) is 0 Å². The standard InChI is InChI=1S/C8H6BrF2NO3/c1-15-8(14)5-3(6(10)11)2-4(9)7(13)12-5/h2,6H,1H3,(H,12,13). The second kappa shape index (κ2) is 4.52. The molecule has 0 amide bonds. The lowest BCUT2D eigenvalue weighted by molar-refractivity contribution is 0.0581. The van der Waals surface area contributed by atoms with Crippen LogP contribution in [0.4, 0.5) is 8.78 Å². The number of rotatable bonds is 2. The maximum Gasteiger partial charge on any atom is 0.355 e. The maximum absolute atomic E-state index is 12.5. The zero-order chi connectivity index (χ0) is 11.6. The van der Waals surface area contributed by atoms with Gasteiger partial charge in [0.25, 0.3) is 12.0 Å². The van der Waals surface area contributed by atoms with E-state index in [9.17, 15) is 18.4 Å². The molecule has 0 aliphatic rings. The van der Waals surface area contributed by atoms with Gasteiger partial charge in [-0.2, -0.15) is 0 Å². The van der Waals surface area contributed by atoms with Crippen LogP contribution in [0.15, 0.2) is 15.3 Å². The van der Waals surface area contributed by atoms with Crippen molar-refractivity contribution in [3.05, 3.63) is 32.2 Å². The molecule has 15 heavy (non-hydrogen) atoms. The van der Waals surface area contributed by atoms with Crippen molar-refractivity contribution in [3.63, 3.8) is 0 Å². The third-order valence-electron chi connectivity index (χ3n) is 1.65. The molecule has 4 nitrogen and oxygen atoms in total. The molecule has 0 aliphatic carbocycles. The Kier molecular flexibility index (Phi) is 3.57. The zero-order valence-electron chi connectivity index (χ0n) is 7.51. The number of methoxy groups -OCH3 is 1. The van der Waals surface area contributed by atoms with Crippen molar-refractivity contribution in [2.75, 3.05) is 7.11 Å².